The summed E-state index contributed by atoms with van der Waals surface area (Å²) in [5.74, 6) is 0. The van der Waals surface area contributed by atoms with E-state index in [0.29, 0.717) is 0 Å². The second-order valence-electron chi connectivity index (χ2n) is 36.9. The number of aryl methyl sites for hydroxylation is 2. The number of aromatic nitrogens is 6. The van der Waals surface area contributed by atoms with Crippen LogP contribution in [0.2, 0.25) is 0 Å². The summed E-state index contributed by atoms with van der Waals surface area (Å²) >= 11 is 0. The molecule has 0 spiro atoms. The van der Waals surface area contributed by atoms with E-state index in [0.717, 1.165) is 255 Å². The average Bonchev–Trinajstić information content (AvgIpc) is 0.692. The van der Waals surface area contributed by atoms with E-state index in [9.17, 15) is 0 Å². The van der Waals surface area contributed by atoms with Gasteiger partial charge >= 0.3 is 0 Å². The third kappa shape index (κ3) is 14.4. The Labute approximate surface area is 829 Å². The van der Waals surface area contributed by atoms with Crippen LogP contribution in [0.1, 0.15) is 11.1 Å². The normalized spacial score (nSPS) is 13.5. The summed E-state index contributed by atoms with van der Waals surface area (Å²) in [5.41, 5.74) is 42.9. The molecule has 6 aromatic heterocycles. The Morgan fingerprint density at radius 3 is 0.573 bits per heavy atom. The standard InChI is InChI=1S/2C46H30N3OP.C36H26N3OP/c50-51-45-13-3-1-11-39(45)41-29-37(35-9-5-7-33(27-35)31-19-23-47-24-20-31)15-17-43(41)49(51)44-18-16-38(30-42(44)40-12-2-4-14-46(40)51)36-10-6-8-34(28-36)32-21-25-48-26-22-32;50-51-45-7-3-1-5-39(45)41-29-37(33-13-9-31(10-14-33)35-21-25-47-26-22-35)17-19-43(41)49(51)44-20-18-38(30-42(44)40-6-2-4-8-46(40)51)34-15-11-32(12-16-34)36-23-27-48-28-24-36;1-23-15-27(21-37-19-23)25-11-13-33-31(17-25)29-7-3-5-9-35(29)41(40)36-10-6-4-8-30(36)32-18-26(12-14-34(32)39(33)41)28-16-24(2)20-38-22-28/h2*1-30H;3-22H,1-2H3. The molecule has 0 N–H and O–H groups in total. The van der Waals surface area contributed by atoms with Crippen LogP contribution in [0.15, 0.2) is 487 Å². The largest absolute Gasteiger partial charge is 0.289 e. The second-order valence-corrected chi connectivity index (χ2v) is 44.5. The Hall–Kier alpha value is -17.5. The van der Waals surface area contributed by atoms with Crippen molar-refractivity contribution in [3.8, 4) is 178 Å². The van der Waals surface area contributed by atoms with Gasteiger partial charge in [0, 0.05) is 151 Å². The summed E-state index contributed by atoms with van der Waals surface area (Å²) in [6.07, 6.45) is 22.1. The van der Waals surface area contributed by atoms with Crippen molar-refractivity contribution in [3.63, 3.8) is 0 Å². The maximum absolute atomic E-state index is 16.0. The molecule has 0 unspecified atom stereocenters. The molecule has 0 aliphatic carbocycles. The molecule has 28 rings (SSSR count). The molecule has 6 aliphatic heterocycles. The van der Waals surface area contributed by atoms with Crippen molar-refractivity contribution < 1.29 is 13.7 Å². The van der Waals surface area contributed by atoms with Crippen molar-refractivity contribution in [2.45, 2.75) is 13.8 Å². The molecule has 0 bridgehead atoms. The number of benzene rings is 16. The molecule has 0 saturated carbocycles. The molecule has 676 valence electrons. The molecule has 15 heteroatoms. The number of pyridine rings is 6. The van der Waals surface area contributed by atoms with Crippen LogP contribution in [0.4, 0.5) is 34.1 Å². The van der Waals surface area contributed by atoms with Gasteiger partial charge in [0.05, 0.1) is 34.1 Å². The minimum absolute atomic E-state index is 0.868. The second kappa shape index (κ2) is 34.8. The molecule has 0 amide bonds. The van der Waals surface area contributed by atoms with Gasteiger partial charge in [-0.15, -0.1) is 0 Å². The topological polar surface area (TPSA) is 138 Å². The summed E-state index contributed by atoms with van der Waals surface area (Å²) in [6.45, 7) is 4.12. The highest BCUT2D eigenvalue weighted by Gasteiger charge is 2.52. The van der Waals surface area contributed by atoms with Gasteiger partial charge in [0.15, 0.2) is 0 Å². The lowest BCUT2D eigenvalue weighted by molar-refractivity contribution is 0.586. The zero-order valence-electron chi connectivity index (χ0n) is 77.8. The summed E-state index contributed by atoms with van der Waals surface area (Å²) in [4.78, 5) is 25.6. The zero-order valence-corrected chi connectivity index (χ0v) is 80.5. The predicted molar refractivity (Wildman–Crippen MR) is 589 cm³/mol. The number of anilines is 6. The number of rotatable bonds is 10. The van der Waals surface area contributed by atoms with Gasteiger partial charge in [-0.05, 0) is 340 Å². The number of hydrogen-bond acceptors (Lipinski definition) is 9. The minimum atomic E-state index is -3.31. The highest BCUT2D eigenvalue weighted by atomic mass is 31.2. The van der Waals surface area contributed by atoms with Gasteiger partial charge in [-0.3, -0.25) is 57.6 Å². The summed E-state index contributed by atoms with van der Waals surface area (Å²) in [6, 6.07) is 144. The van der Waals surface area contributed by atoms with Crippen LogP contribution in [-0.2, 0) is 13.7 Å². The van der Waals surface area contributed by atoms with Gasteiger partial charge in [-0.1, -0.05) is 231 Å². The molecular weight excluding hydrogens is 1800 g/mol. The fraction of sp³-hybridized carbons (Fsp3) is 0.0156. The SMILES string of the molecule is Cc1cncc(-c2ccc3c(c2)-c2ccccc2P2(=O)c4ccccc4-c4cc(-c5cncc(C)c5)ccc4N32)c1.O=P12c3ccccc3-c3cc(-c4ccc(-c5ccncc5)cc4)ccc3N1c1ccc(-c3ccc(-c4ccncc4)cc3)cc1-c1ccccc12.O=P12c3ccccc3-c3cc(-c4cccc(-c5ccncc5)c4)ccc3N1c1ccc(-c3cccc(-c4ccncc4)c3)cc1-c1ccccc12. The molecule has 0 radical (unpaired) electrons. The van der Waals surface area contributed by atoms with Crippen LogP contribution >= 0.6 is 21.9 Å². The van der Waals surface area contributed by atoms with Crippen LogP contribution in [-0.4, -0.2) is 29.9 Å². The quantitative estimate of drug-likeness (QED) is 0.120. The molecule has 12 nitrogen and oxygen atoms in total. The number of nitrogens with zero attached hydrogens (tertiary/aromatic N) is 9. The fourth-order valence-corrected chi connectivity index (χ4v) is 31.7. The van der Waals surface area contributed by atoms with Gasteiger partial charge < -0.3 is 0 Å². The number of hydrogen-bond donors (Lipinski definition) is 0. The Bertz CT molecular complexity index is 8570. The molecule has 0 fully saturated rings. The highest BCUT2D eigenvalue weighted by molar-refractivity contribution is 7.82. The lowest BCUT2D eigenvalue weighted by atomic mass is 9.93. The van der Waals surface area contributed by atoms with Crippen molar-refractivity contribution >= 4 is 87.8 Å². The molecule has 0 atom stereocenters. The van der Waals surface area contributed by atoms with E-state index in [-0.39, 0.29) is 0 Å². The van der Waals surface area contributed by atoms with E-state index in [1.54, 1.807) is 0 Å². The van der Waals surface area contributed by atoms with Crippen LogP contribution < -0.4 is 45.8 Å². The molecule has 16 aromatic carbocycles. The first kappa shape index (κ1) is 85.9. The van der Waals surface area contributed by atoms with Crippen molar-refractivity contribution in [2.75, 3.05) is 14.0 Å². The predicted octanol–water partition coefficient (Wildman–Crippen LogP) is 30.8. The smallest absolute Gasteiger partial charge is 0.235 e. The Morgan fingerprint density at radius 1 is 0.154 bits per heavy atom. The van der Waals surface area contributed by atoms with Crippen LogP contribution in [0.5, 0.6) is 0 Å². The average molecular weight is 1890 g/mol. The van der Waals surface area contributed by atoms with E-state index in [1.165, 1.54) is 0 Å². The van der Waals surface area contributed by atoms with E-state index >= 15 is 13.7 Å². The summed E-state index contributed by atoms with van der Waals surface area (Å²) in [5, 5.41) is 5.22. The van der Waals surface area contributed by atoms with Gasteiger partial charge in [0.2, 0.25) is 21.9 Å². The fourth-order valence-electron chi connectivity index (χ4n) is 21.9. The highest BCUT2D eigenvalue weighted by Crippen LogP contribution is 2.70. The lowest BCUT2D eigenvalue weighted by Gasteiger charge is -2.44. The Balaban J connectivity index is 0.000000110. The maximum atomic E-state index is 16.0. The van der Waals surface area contributed by atoms with Crippen molar-refractivity contribution in [2.24, 2.45) is 0 Å². The third-order valence-electron chi connectivity index (χ3n) is 28.6. The molecular formula is C128H86N9O3P3. The van der Waals surface area contributed by atoms with Gasteiger partial charge in [-0.25, -0.2) is 0 Å². The first-order valence-electron chi connectivity index (χ1n) is 47.9. The Kier molecular flexibility index (Phi) is 20.9. The van der Waals surface area contributed by atoms with Crippen LogP contribution in [0, 0.1) is 13.8 Å². The van der Waals surface area contributed by atoms with Gasteiger partial charge in [0.1, 0.15) is 0 Å². The van der Waals surface area contributed by atoms with Crippen molar-refractivity contribution in [1.29, 1.82) is 0 Å². The van der Waals surface area contributed by atoms with E-state index in [2.05, 4.69) is 361 Å². The summed E-state index contributed by atoms with van der Waals surface area (Å²) < 4.78 is 54.1. The first-order chi connectivity index (χ1) is 70.3. The van der Waals surface area contributed by atoms with Crippen LogP contribution in [0.25, 0.3) is 178 Å². The van der Waals surface area contributed by atoms with E-state index in [4.69, 9.17) is 0 Å². The van der Waals surface area contributed by atoms with Gasteiger partial charge in [0.25, 0.3) is 0 Å². The van der Waals surface area contributed by atoms with Crippen LogP contribution in [0.3, 0.4) is 0 Å². The monoisotopic (exact) mass is 1890 g/mol. The molecule has 6 aliphatic rings. The zero-order chi connectivity index (χ0) is 95.6. The minimum Gasteiger partial charge on any atom is -0.289 e. The lowest BCUT2D eigenvalue weighted by Crippen LogP contribution is -2.37. The molecule has 0 saturated heterocycles. The molecule has 12 heterocycles. The first-order valence-corrected chi connectivity index (χ1v) is 52.9. The van der Waals surface area contributed by atoms with E-state index in [1.807, 2.05) is 184 Å². The van der Waals surface area contributed by atoms with Crippen molar-refractivity contribution in [3.05, 3.63) is 498 Å². The van der Waals surface area contributed by atoms with Crippen molar-refractivity contribution in [1.82, 2.24) is 29.9 Å². The molecule has 22 aromatic rings. The third-order valence-corrected chi connectivity index (χ3v) is 37.9. The Morgan fingerprint density at radius 2 is 0.336 bits per heavy atom. The van der Waals surface area contributed by atoms with Gasteiger partial charge in [-0.2, -0.15) is 0 Å². The maximum Gasteiger partial charge on any atom is 0.235 e. The molecule has 143 heavy (non-hydrogen) atoms. The number of fused-ring (bicyclic) bond motifs is 33. The summed E-state index contributed by atoms with van der Waals surface area (Å²) in [7, 11) is -9.85. The van der Waals surface area contributed by atoms with E-state index < -0.39 is 21.9 Å².